The van der Waals surface area contributed by atoms with E-state index in [4.69, 9.17) is 5.73 Å². The molecular weight excluding hydrogens is 186 g/mol. The Hall–Kier alpha value is -1.61. The van der Waals surface area contributed by atoms with E-state index in [1.807, 2.05) is 42.9 Å². The summed E-state index contributed by atoms with van der Waals surface area (Å²) < 4.78 is 2.00. The SMILES string of the molecule is CC(N)c1cccc(-c2nccn2C)c1. The predicted molar refractivity (Wildman–Crippen MR) is 61.2 cm³/mol. The van der Waals surface area contributed by atoms with Crippen LogP contribution in [0.25, 0.3) is 11.4 Å². The number of imidazole rings is 1. The van der Waals surface area contributed by atoms with Crippen molar-refractivity contribution in [1.82, 2.24) is 9.55 Å². The summed E-state index contributed by atoms with van der Waals surface area (Å²) in [6, 6.07) is 8.26. The smallest absolute Gasteiger partial charge is 0.139 e. The van der Waals surface area contributed by atoms with E-state index in [0.29, 0.717) is 0 Å². The molecule has 1 aromatic carbocycles. The maximum absolute atomic E-state index is 5.85. The van der Waals surface area contributed by atoms with E-state index in [-0.39, 0.29) is 6.04 Å². The fraction of sp³-hybridized carbons (Fsp3) is 0.250. The Morgan fingerprint density at radius 1 is 1.40 bits per heavy atom. The second kappa shape index (κ2) is 3.87. The van der Waals surface area contributed by atoms with Gasteiger partial charge in [0.05, 0.1) is 0 Å². The maximum Gasteiger partial charge on any atom is 0.139 e. The van der Waals surface area contributed by atoms with Crippen LogP contribution in [0, 0.1) is 0 Å². The molecule has 2 rings (SSSR count). The van der Waals surface area contributed by atoms with Crippen molar-refractivity contribution >= 4 is 0 Å². The molecule has 0 amide bonds. The minimum atomic E-state index is 0.0604. The quantitative estimate of drug-likeness (QED) is 0.808. The number of benzene rings is 1. The summed E-state index contributed by atoms with van der Waals surface area (Å²) >= 11 is 0. The van der Waals surface area contributed by atoms with E-state index in [2.05, 4.69) is 11.1 Å². The van der Waals surface area contributed by atoms with Crippen molar-refractivity contribution in [3.05, 3.63) is 42.2 Å². The zero-order valence-corrected chi connectivity index (χ0v) is 9.01. The highest BCUT2D eigenvalue weighted by atomic mass is 15.0. The fourth-order valence-corrected chi connectivity index (χ4v) is 1.60. The Balaban J connectivity index is 2.46. The molecule has 3 nitrogen and oxygen atoms in total. The average molecular weight is 201 g/mol. The van der Waals surface area contributed by atoms with Gasteiger partial charge in [-0.05, 0) is 18.6 Å². The van der Waals surface area contributed by atoms with Crippen LogP contribution < -0.4 is 5.73 Å². The summed E-state index contributed by atoms with van der Waals surface area (Å²) in [5, 5.41) is 0. The summed E-state index contributed by atoms with van der Waals surface area (Å²) in [7, 11) is 1.99. The molecule has 2 N–H and O–H groups in total. The number of aromatic nitrogens is 2. The number of nitrogens with two attached hydrogens (primary N) is 1. The van der Waals surface area contributed by atoms with Crippen LogP contribution in [0.2, 0.25) is 0 Å². The molecule has 0 fully saturated rings. The first-order valence-electron chi connectivity index (χ1n) is 5.01. The van der Waals surface area contributed by atoms with Crippen LogP contribution in [-0.4, -0.2) is 9.55 Å². The molecule has 0 radical (unpaired) electrons. The van der Waals surface area contributed by atoms with E-state index < -0.39 is 0 Å². The molecule has 2 aromatic rings. The molecule has 78 valence electrons. The first-order chi connectivity index (χ1) is 7.18. The molecule has 0 saturated heterocycles. The fourth-order valence-electron chi connectivity index (χ4n) is 1.60. The molecule has 0 aliphatic heterocycles. The summed E-state index contributed by atoms with van der Waals surface area (Å²) in [6.07, 6.45) is 3.74. The number of hydrogen-bond acceptors (Lipinski definition) is 2. The van der Waals surface area contributed by atoms with Crippen molar-refractivity contribution in [3.63, 3.8) is 0 Å². The normalized spacial score (nSPS) is 12.7. The van der Waals surface area contributed by atoms with Gasteiger partial charge in [-0.2, -0.15) is 0 Å². The van der Waals surface area contributed by atoms with E-state index in [9.17, 15) is 0 Å². The molecule has 1 heterocycles. The van der Waals surface area contributed by atoms with Crippen LogP contribution in [0.15, 0.2) is 36.7 Å². The molecule has 1 aromatic heterocycles. The van der Waals surface area contributed by atoms with Gasteiger partial charge >= 0.3 is 0 Å². The molecule has 3 heteroatoms. The third-order valence-corrected chi connectivity index (χ3v) is 2.49. The molecular formula is C12H15N3. The van der Waals surface area contributed by atoms with Crippen LogP contribution in [0.4, 0.5) is 0 Å². The summed E-state index contributed by atoms with van der Waals surface area (Å²) in [5.41, 5.74) is 8.09. The van der Waals surface area contributed by atoms with Crippen molar-refractivity contribution in [2.24, 2.45) is 12.8 Å². The highest BCUT2D eigenvalue weighted by Gasteiger charge is 2.05. The van der Waals surface area contributed by atoms with Crippen molar-refractivity contribution in [2.75, 3.05) is 0 Å². The number of aryl methyl sites for hydroxylation is 1. The first-order valence-corrected chi connectivity index (χ1v) is 5.01. The molecule has 1 atom stereocenters. The van der Waals surface area contributed by atoms with E-state index in [0.717, 1.165) is 17.0 Å². The predicted octanol–water partition coefficient (Wildman–Crippen LogP) is 2.11. The monoisotopic (exact) mass is 201 g/mol. The first kappa shape index (κ1) is 9.93. The average Bonchev–Trinajstić information content (AvgIpc) is 2.64. The molecule has 0 saturated carbocycles. The van der Waals surface area contributed by atoms with E-state index in [1.54, 1.807) is 6.20 Å². The van der Waals surface area contributed by atoms with Gasteiger partial charge in [-0.3, -0.25) is 0 Å². The van der Waals surface area contributed by atoms with Crippen molar-refractivity contribution in [3.8, 4) is 11.4 Å². The van der Waals surface area contributed by atoms with Crippen LogP contribution >= 0.6 is 0 Å². The van der Waals surface area contributed by atoms with Crippen LogP contribution in [0.1, 0.15) is 18.5 Å². The van der Waals surface area contributed by atoms with E-state index in [1.165, 1.54) is 0 Å². The zero-order chi connectivity index (χ0) is 10.8. The third kappa shape index (κ3) is 1.92. The Bertz CT molecular complexity index is 457. The van der Waals surface area contributed by atoms with Crippen molar-refractivity contribution < 1.29 is 0 Å². The number of nitrogens with zero attached hydrogens (tertiary/aromatic N) is 2. The van der Waals surface area contributed by atoms with Crippen LogP contribution in [-0.2, 0) is 7.05 Å². The Morgan fingerprint density at radius 2 is 2.20 bits per heavy atom. The highest BCUT2D eigenvalue weighted by molar-refractivity contribution is 5.56. The minimum absolute atomic E-state index is 0.0604. The van der Waals surface area contributed by atoms with Gasteiger partial charge in [-0.1, -0.05) is 18.2 Å². The molecule has 1 unspecified atom stereocenters. The lowest BCUT2D eigenvalue weighted by Crippen LogP contribution is -2.05. The van der Waals surface area contributed by atoms with Gasteiger partial charge in [0, 0.05) is 31.0 Å². The maximum atomic E-state index is 5.85. The highest BCUT2D eigenvalue weighted by Crippen LogP contribution is 2.20. The largest absolute Gasteiger partial charge is 0.334 e. The van der Waals surface area contributed by atoms with Gasteiger partial charge < -0.3 is 10.3 Å². The zero-order valence-electron chi connectivity index (χ0n) is 9.01. The third-order valence-electron chi connectivity index (χ3n) is 2.49. The van der Waals surface area contributed by atoms with Crippen molar-refractivity contribution in [1.29, 1.82) is 0 Å². The Labute approximate surface area is 89.6 Å². The Kier molecular flexibility index (Phi) is 2.56. The lowest BCUT2D eigenvalue weighted by Gasteiger charge is -2.08. The minimum Gasteiger partial charge on any atom is -0.334 e. The van der Waals surface area contributed by atoms with E-state index >= 15 is 0 Å². The Morgan fingerprint density at radius 3 is 2.80 bits per heavy atom. The molecule has 0 aliphatic rings. The second-order valence-corrected chi connectivity index (χ2v) is 3.78. The van der Waals surface area contributed by atoms with Gasteiger partial charge in [0.1, 0.15) is 5.82 Å². The van der Waals surface area contributed by atoms with Gasteiger partial charge in [-0.15, -0.1) is 0 Å². The molecule has 15 heavy (non-hydrogen) atoms. The van der Waals surface area contributed by atoms with Crippen LogP contribution in [0.5, 0.6) is 0 Å². The van der Waals surface area contributed by atoms with Gasteiger partial charge in [0.2, 0.25) is 0 Å². The second-order valence-electron chi connectivity index (χ2n) is 3.78. The standard InChI is InChI=1S/C12H15N3/c1-9(13)10-4-3-5-11(8-10)12-14-6-7-15(12)2/h3-9H,13H2,1-2H3. The number of rotatable bonds is 2. The lowest BCUT2D eigenvalue weighted by molar-refractivity contribution is 0.818. The van der Waals surface area contributed by atoms with Gasteiger partial charge in [0.15, 0.2) is 0 Å². The number of hydrogen-bond donors (Lipinski definition) is 1. The van der Waals surface area contributed by atoms with Crippen molar-refractivity contribution in [2.45, 2.75) is 13.0 Å². The van der Waals surface area contributed by atoms with Gasteiger partial charge in [0.25, 0.3) is 0 Å². The summed E-state index contributed by atoms with van der Waals surface area (Å²) in [6.45, 7) is 1.98. The lowest BCUT2D eigenvalue weighted by atomic mass is 10.1. The molecule has 0 bridgehead atoms. The molecule has 0 spiro atoms. The molecule has 0 aliphatic carbocycles. The summed E-state index contributed by atoms with van der Waals surface area (Å²) in [4.78, 5) is 4.31. The topological polar surface area (TPSA) is 43.8 Å². The van der Waals surface area contributed by atoms with Gasteiger partial charge in [-0.25, -0.2) is 4.98 Å². The summed E-state index contributed by atoms with van der Waals surface area (Å²) in [5.74, 6) is 0.970. The van der Waals surface area contributed by atoms with Crippen LogP contribution in [0.3, 0.4) is 0 Å².